The number of rotatable bonds is 3. The zero-order valence-corrected chi connectivity index (χ0v) is 8.45. The van der Waals surface area contributed by atoms with Gasteiger partial charge in [0.1, 0.15) is 5.82 Å². The van der Waals surface area contributed by atoms with Crippen molar-refractivity contribution < 1.29 is 14.4 Å². The van der Waals surface area contributed by atoms with Gasteiger partial charge in [-0.05, 0) is 0 Å². The van der Waals surface area contributed by atoms with E-state index >= 15 is 0 Å². The minimum atomic E-state index is -0.771. The summed E-state index contributed by atoms with van der Waals surface area (Å²) in [5.41, 5.74) is -0.469. The Balaban J connectivity index is 3.23. The van der Waals surface area contributed by atoms with Crippen LogP contribution < -0.4 is 0 Å². The molecule has 0 saturated heterocycles. The Labute approximate surface area is 90.6 Å². The van der Waals surface area contributed by atoms with E-state index < -0.39 is 22.2 Å². The molecule has 4 nitrogen and oxygen atoms in total. The van der Waals surface area contributed by atoms with Gasteiger partial charge in [0, 0.05) is 23.4 Å². The normalized spacial score (nSPS) is 10.8. The van der Waals surface area contributed by atoms with Gasteiger partial charge in [-0.25, -0.2) is 4.39 Å². The van der Waals surface area contributed by atoms with E-state index in [1.807, 2.05) is 0 Å². The van der Waals surface area contributed by atoms with E-state index in [0.29, 0.717) is 5.75 Å². The maximum Gasteiger partial charge on any atom is 0.311 e. The molecule has 0 bridgehead atoms. The molecule has 15 heavy (non-hydrogen) atoms. The number of hydrogen-bond acceptors (Lipinski definition) is 4. The first-order valence-corrected chi connectivity index (χ1v) is 4.63. The summed E-state index contributed by atoms with van der Waals surface area (Å²) in [5, 5.41) is 19.5. The lowest BCUT2D eigenvalue weighted by Gasteiger charge is -1.99. The molecular weight excluding hydrogens is 221 g/mol. The van der Waals surface area contributed by atoms with Crippen molar-refractivity contribution in [2.75, 3.05) is 5.75 Å². The average Bonchev–Trinajstić information content (AvgIpc) is 2.16. The van der Waals surface area contributed by atoms with Crippen molar-refractivity contribution in [1.29, 1.82) is 0 Å². The fraction of sp³-hybridized carbons (Fsp3) is 0.111. The number of phenols is 1. The molecule has 0 aliphatic heterocycles. The van der Waals surface area contributed by atoms with Gasteiger partial charge in [0.05, 0.1) is 4.92 Å². The number of nitrogens with zero attached hydrogens (tertiary/aromatic N) is 1. The molecule has 0 fully saturated rings. The van der Waals surface area contributed by atoms with E-state index in [0.717, 1.165) is 12.1 Å². The molecule has 6 heteroatoms. The lowest BCUT2D eigenvalue weighted by Crippen LogP contribution is -1.92. The van der Waals surface area contributed by atoms with Gasteiger partial charge in [0.15, 0.2) is 5.75 Å². The number of aromatic hydroxyl groups is 1. The van der Waals surface area contributed by atoms with Crippen LogP contribution in [0.2, 0.25) is 0 Å². The highest BCUT2D eigenvalue weighted by molar-refractivity contribution is 7.80. The lowest BCUT2D eigenvalue weighted by atomic mass is 10.1. The van der Waals surface area contributed by atoms with E-state index in [-0.39, 0.29) is 5.56 Å². The first kappa shape index (κ1) is 11.5. The highest BCUT2D eigenvalue weighted by atomic mass is 32.1. The van der Waals surface area contributed by atoms with E-state index in [2.05, 4.69) is 12.6 Å². The van der Waals surface area contributed by atoms with Gasteiger partial charge in [-0.3, -0.25) is 10.1 Å². The molecule has 0 aliphatic carbocycles. The number of nitro groups is 1. The Bertz CT molecular complexity index is 420. The van der Waals surface area contributed by atoms with Gasteiger partial charge in [0.25, 0.3) is 0 Å². The fourth-order valence-electron chi connectivity index (χ4n) is 1.02. The molecule has 0 unspecified atom stereocenters. The third-order valence-electron chi connectivity index (χ3n) is 1.69. The van der Waals surface area contributed by atoms with E-state index in [1.165, 1.54) is 6.08 Å². The summed E-state index contributed by atoms with van der Waals surface area (Å²) in [5.74, 6) is -0.995. The van der Waals surface area contributed by atoms with Crippen LogP contribution in [0.3, 0.4) is 0 Å². The van der Waals surface area contributed by atoms with Crippen molar-refractivity contribution >= 4 is 24.4 Å². The largest absolute Gasteiger partial charge is 0.502 e. The molecular formula is C9H8FNO3S. The van der Waals surface area contributed by atoms with E-state index in [4.69, 9.17) is 5.11 Å². The predicted molar refractivity (Wildman–Crippen MR) is 57.6 cm³/mol. The molecule has 1 rings (SSSR count). The summed E-state index contributed by atoms with van der Waals surface area (Å²) in [6, 6.07) is 1.70. The number of phenolic OH excluding ortho intramolecular Hbond substituents is 1. The summed E-state index contributed by atoms with van der Waals surface area (Å²) < 4.78 is 13.2. The van der Waals surface area contributed by atoms with Gasteiger partial charge >= 0.3 is 5.69 Å². The van der Waals surface area contributed by atoms with Crippen molar-refractivity contribution in [2.24, 2.45) is 0 Å². The van der Waals surface area contributed by atoms with Crippen molar-refractivity contribution in [3.05, 3.63) is 39.7 Å². The summed E-state index contributed by atoms with van der Waals surface area (Å²) in [7, 11) is 0. The van der Waals surface area contributed by atoms with Crippen LogP contribution in [0.1, 0.15) is 5.56 Å². The second-order valence-corrected chi connectivity index (χ2v) is 3.07. The summed E-state index contributed by atoms with van der Waals surface area (Å²) in [6.45, 7) is 0. The maximum absolute atomic E-state index is 13.2. The molecule has 0 aromatic heterocycles. The summed E-state index contributed by atoms with van der Waals surface area (Å²) >= 11 is 3.88. The van der Waals surface area contributed by atoms with Gasteiger partial charge in [-0.1, -0.05) is 12.2 Å². The highest BCUT2D eigenvalue weighted by Crippen LogP contribution is 2.29. The van der Waals surface area contributed by atoms with Crippen LogP contribution >= 0.6 is 12.6 Å². The van der Waals surface area contributed by atoms with Crippen molar-refractivity contribution in [2.45, 2.75) is 0 Å². The number of hydrogen-bond donors (Lipinski definition) is 2. The Kier molecular flexibility index (Phi) is 3.68. The van der Waals surface area contributed by atoms with Crippen molar-refractivity contribution in [1.82, 2.24) is 0 Å². The number of nitro benzene ring substituents is 1. The topological polar surface area (TPSA) is 63.4 Å². The first-order chi connectivity index (χ1) is 7.06. The zero-order valence-electron chi connectivity index (χ0n) is 7.55. The van der Waals surface area contributed by atoms with Gasteiger partial charge in [-0.15, -0.1) is 0 Å². The van der Waals surface area contributed by atoms with Crippen LogP contribution in [-0.4, -0.2) is 15.8 Å². The third kappa shape index (κ3) is 2.69. The van der Waals surface area contributed by atoms with Crippen LogP contribution in [0.25, 0.3) is 6.08 Å². The highest BCUT2D eigenvalue weighted by Gasteiger charge is 2.16. The molecule has 1 N–H and O–H groups in total. The molecule has 0 spiro atoms. The molecule has 0 aliphatic rings. The van der Waals surface area contributed by atoms with Crippen LogP contribution in [0.4, 0.5) is 10.1 Å². The molecule has 0 radical (unpaired) electrons. The van der Waals surface area contributed by atoms with E-state index in [9.17, 15) is 14.5 Å². The molecule has 0 saturated carbocycles. The standard InChI is InChI=1S/C9H8FNO3S/c10-7-5-9(12)8(11(13)14)4-6(7)2-1-3-15/h1-2,4-5,12,15H,3H2. The molecule has 80 valence electrons. The average molecular weight is 229 g/mol. The van der Waals surface area contributed by atoms with Crippen molar-refractivity contribution in [3.8, 4) is 5.75 Å². The van der Waals surface area contributed by atoms with Gasteiger partial charge in [-0.2, -0.15) is 12.6 Å². The molecule has 1 aromatic carbocycles. The SMILES string of the molecule is O=[N+]([O-])c1cc(C=CCS)c(F)cc1O. The van der Waals surface area contributed by atoms with Crippen LogP contribution in [0.5, 0.6) is 5.75 Å². The fourth-order valence-corrected chi connectivity index (χ4v) is 1.13. The Morgan fingerprint density at radius 2 is 2.27 bits per heavy atom. The quantitative estimate of drug-likeness (QED) is 0.475. The Morgan fingerprint density at radius 1 is 1.60 bits per heavy atom. The van der Waals surface area contributed by atoms with Crippen molar-refractivity contribution in [3.63, 3.8) is 0 Å². The summed E-state index contributed by atoms with van der Waals surface area (Å²) in [6.07, 6.45) is 2.91. The summed E-state index contributed by atoms with van der Waals surface area (Å²) in [4.78, 5) is 9.67. The molecule has 0 heterocycles. The third-order valence-corrected chi connectivity index (χ3v) is 1.90. The number of benzene rings is 1. The molecule has 1 aromatic rings. The van der Waals surface area contributed by atoms with Gasteiger partial charge in [0.2, 0.25) is 0 Å². The minimum Gasteiger partial charge on any atom is -0.502 e. The molecule has 0 atom stereocenters. The lowest BCUT2D eigenvalue weighted by molar-refractivity contribution is -0.385. The first-order valence-electron chi connectivity index (χ1n) is 4.00. The molecule has 0 amide bonds. The monoisotopic (exact) mass is 229 g/mol. The second-order valence-electron chi connectivity index (χ2n) is 2.70. The smallest absolute Gasteiger partial charge is 0.311 e. The van der Waals surface area contributed by atoms with E-state index in [1.54, 1.807) is 6.08 Å². The van der Waals surface area contributed by atoms with Gasteiger partial charge < -0.3 is 5.11 Å². The Hall–Kier alpha value is -1.56. The van der Waals surface area contributed by atoms with Crippen LogP contribution in [-0.2, 0) is 0 Å². The zero-order chi connectivity index (χ0) is 11.4. The number of thiol groups is 1. The minimum absolute atomic E-state index is 0.0496. The number of halogens is 1. The maximum atomic E-state index is 13.2. The van der Waals surface area contributed by atoms with Crippen LogP contribution in [0.15, 0.2) is 18.2 Å². The second kappa shape index (κ2) is 4.79. The van der Waals surface area contributed by atoms with Crippen LogP contribution in [0, 0.1) is 15.9 Å². The Morgan fingerprint density at radius 3 is 2.80 bits per heavy atom. The predicted octanol–water partition coefficient (Wildman–Crippen LogP) is 2.38.